The highest BCUT2D eigenvalue weighted by atomic mass is 16.5. The summed E-state index contributed by atoms with van der Waals surface area (Å²) in [5.41, 5.74) is 2.05. The second-order valence-electron chi connectivity index (χ2n) is 5.36. The monoisotopic (exact) mass is 328 g/mol. The summed E-state index contributed by atoms with van der Waals surface area (Å²) in [4.78, 5) is 11.9. The lowest BCUT2D eigenvalue weighted by Gasteiger charge is -2.12. The number of amides is 1. The molecule has 0 radical (unpaired) electrons. The predicted molar refractivity (Wildman–Crippen MR) is 95.8 cm³/mol. The highest BCUT2D eigenvalue weighted by molar-refractivity contribution is 5.81. The molecule has 0 aliphatic heterocycles. The van der Waals surface area contributed by atoms with Crippen molar-refractivity contribution < 1.29 is 14.3 Å². The van der Waals surface area contributed by atoms with Crippen molar-refractivity contribution in [2.24, 2.45) is 0 Å². The van der Waals surface area contributed by atoms with Gasteiger partial charge in [-0.05, 0) is 30.5 Å². The quantitative estimate of drug-likeness (QED) is 0.695. The van der Waals surface area contributed by atoms with E-state index in [1.54, 1.807) is 20.3 Å². The van der Waals surface area contributed by atoms with E-state index in [4.69, 9.17) is 9.47 Å². The lowest BCUT2D eigenvalue weighted by Crippen LogP contribution is -2.30. The molecule has 2 aromatic rings. The van der Waals surface area contributed by atoms with Crippen LogP contribution in [0.4, 0.5) is 5.69 Å². The van der Waals surface area contributed by atoms with Gasteiger partial charge in [-0.25, -0.2) is 0 Å². The molecular weight excluding hydrogens is 304 g/mol. The summed E-state index contributed by atoms with van der Waals surface area (Å²) in [5, 5.41) is 6.00. The number of carbonyl (C=O) groups excluding carboxylic acids is 1. The third kappa shape index (κ3) is 5.50. The Morgan fingerprint density at radius 1 is 1.04 bits per heavy atom. The smallest absolute Gasteiger partial charge is 0.239 e. The molecule has 0 aliphatic rings. The fraction of sp³-hybridized carbons (Fsp3) is 0.316. The third-order valence-electron chi connectivity index (χ3n) is 3.66. The molecule has 128 valence electrons. The zero-order valence-electron chi connectivity index (χ0n) is 14.2. The number of methoxy groups -OCH3 is 2. The van der Waals surface area contributed by atoms with Gasteiger partial charge in [-0.3, -0.25) is 4.79 Å². The van der Waals surface area contributed by atoms with Crippen molar-refractivity contribution in [3.8, 4) is 11.5 Å². The lowest BCUT2D eigenvalue weighted by atomic mass is 10.1. The maximum Gasteiger partial charge on any atom is 0.239 e. The van der Waals surface area contributed by atoms with Crippen LogP contribution in [-0.2, 0) is 11.2 Å². The second-order valence-corrected chi connectivity index (χ2v) is 5.36. The molecule has 5 nitrogen and oxygen atoms in total. The van der Waals surface area contributed by atoms with E-state index in [2.05, 4.69) is 22.8 Å². The summed E-state index contributed by atoms with van der Waals surface area (Å²) in [7, 11) is 3.19. The molecule has 0 atom stereocenters. The normalized spacial score (nSPS) is 10.1. The zero-order valence-corrected chi connectivity index (χ0v) is 14.2. The van der Waals surface area contributed by atoms with Crippen LogP contribution in [0.1, 0.15) is 12.0 Å². The van der Waals surface area contributed by atoms with E-state index in [1.807, 2.05) is 30.3 Å². The molecule has 5 heteroatoms. The van der Waals surface area contributed by atoms with Crippen LogP contribution in [0.5, 0.6) is 11.5 Å². The molecule has 0 unspecified atom stereocenters. The minimum Gasteiger partial charge on any atom is -0.497 e. The van der Waals surface area contributed by atoms with E-state index in [0.717, 1.165) is 18.5 Å². The first-order chi connectivity index (χ1) is 11.7. The minimum atomic E-state index is -0.0408. The number of carbonyl (C=O) groups is 1. The van der Waals surface area contributed by atoms with Crippen LogP contribution in [0, 0.1) is 0 Å². The molecule has 0 heterocycles. The summed E-state index contributed by atoms with van der Waals surface area (Å²) in [6.45, 7) is 0.864. The largest absolute Gasteiger partial charge is 0.497 e. The Kier molecular flexibility index (Phi) is 6.95. The zero-order chi connectivity index (χ0) is 17.2. The average Bonchev–Trinajstić information content (AvgIpc) is 2.64. The van der Waals surface area contributed by atoms with Gasteiger partial charge in [0.05, 0.1) is 26.5 Å². The second kappa shape index (κ2) is 9.45. The maximum absolute atomic E-state index is 11.9. The van der Waals surface area contributed by atoms with Gasteiger partial charge in [0, 0.05) is 12.6 Å². The Morgan fingerprint density at radius 3 is 2.54 bits per heavy atom. The van der Waals surface area contributed by atoms with Crippen molar-refractivity contribution in [3.05, 3.63) is 54.1 Å². The van der Waals surface area contributed by atoms with Gasteiger partial charge in [0.2, 0.25) is 5.91 Å². The van der Waals surface area contributed by atoms with E-state index >= 15 is 0 Å². The van der Waals surface area contributed by atoms with Crippen LogP contribution in [0.3, 0.4) is 0 Å². The molecule has 2 N–H and O–H groups in total. The fourth-order valence-corrected chi connectivity index (χ4v) is 2.35. The number of hydrogen-bond acceptors (Lipinski definition) is 4. The molecule has 0 saturated carbocycles. The summed E-state index contributed by atoms with van der Waals surface area (Å²) in [5.74, 6) is 1.31. The van der Waals surface area contributed by atoms with Gasteiger partial charge in [0.25, 0.3) is 0 Å². The maximum atomic E-state index is 11.9. The van der Waals surface area contributed by atoms with Gasteiger partial charge < -0.3 is 20.1 Å². The van der Waals surface area contributed by atoms with Crippen LogP contribution >= 0.6 is 0 Å². The predicted octanol–water partition coefficient (Wildman–Crippen LogP) is 2.86. The first-order valence-corrected chi connectivity index (χ1v) is 7.99. The van der Waals surface area contributed by atoms with Gasteiger partial charge in [0.15, 0.2) is 0 Å². The highest BCUT2D eigenvalue weighted by Gasteiger charge is 2.07. The van der Waals surface area contributed by atoms with Crippen molar-refractivity contribution >= 4 is 11.6 Å². The van der Waals surface area contributed by atoms with Crippen molar-refractivity contribution in [1.82, 2.24) is 5.32 Å². The first-order valence-electron chi connectivity index (χ1n) is 7.99. The average molecular weight is 328 g/mol. The van der Waals surface area contributed by atoms with Gasteiger partial charge in [-0.1, -0.05) is 30.3 Å². The fourth-order valence-electron chi connectivity index (χ4n) is 2.35. The van der Waals surface area contributed by atoms with Gasteiger partial charge in [0.1, 0.15) is 11.5 Å². The molecule has 0 fully saturated rings. The number of aryl methyl sites for hydroxylation is 1. The van der Waals surface area contributed by atoms with Crippen LogP contribution in [0.2, 0.25) is 0 Å². The molecule has 1 amide bonds. The van der Waals surface area contributed by atoms with Crippen molar-refractivity contribution in [2.75, 3.05) is 32.6 Å². The molecule has 0 aromatic heterocycles. The molecule has 0 spiro atoms. The molecule has 24 heavy (non-hydrogen) atoms. The molecule has 2 aromatic carbocycles. The van der Waals surface area contributed by atoms with Crippen LogP contribution in [-0.4, -0.2) is 33.2 Å². The van der Waals surface area contributed by atoms with Crippen molar-refractivity contribution in [3.63, 3.8) is 0 Å². The van der Waals surface area contributed by atoms with Crippen LogP contribution < -0.4 is 20.1 Å². The van der Waals surface area contributed by atoms with Gasteiger partial charge in [-0.15, -0.1) is 0 Å². The first kappa shape index (κ1) is 17.7. The van der Waals surface area contributed by atoms with E-state index in [-0.39, 0.29) is 12.5 Å². The van der Waals surface area contributed by atoms with Crippen LogP contribution in [0.25, 0.3) is 0 Å². The number of rotatable bonds is 9. The number of ether oxygens (including phenoxy) is 2. The van der Waals surface area contributed by atoms with Gasteiger partial charge >= 0.3 is 0 Å². The number of nitrogens with one attached hydrogen (secondary N) is 2. The SMILES string of the molecule is COc1ccc(NCC(=O)NCCCc2ccccc2)c(OC)c1. The Morgan fingerprint density at radius 2 is 1.83 bits per heavy atom. The molecule has 0 aliphatic carbocycles. The summed E-state index contributed by atoms with van der Waals surface area (Å²) in [6.07, 6.45) is 1.88. The lowest BCUT2D eigenvalue weighted by molar-refractivity contribution is -0.119. The number of anilines is 1. The third-order valence-corrected chi connectivity index (χ3v) is 3.66. The Bertz CT molecular complexity index is 644. The van der Waals surface area contributed by atoms with E-state index in [0.29, 0.717) is 18.0 Å². The number of hydrogen-bond donors (Lipinski definition) is 2. The summed E-state index contributed by atoms with van der Waals surface area (Å²) < 4.78 is 10.4. The van der Waals surface area contributed by atoms with E-state index in [1.165, 1.54) is 5.56 Å². The minimum absolute atomic E-state index is 0.0408. The van der Waals surface area contributed by atoms with Gasteiger partial charge in [-0.2, -0.15) is 0 Å². The molecular formula is C19H24N2O3. The summed E-state index contributed by atoms with van der Waals surface area (Å²) >= 11 is 0. The van der Waals surface area contributed by atoms with Crippen molar-refractivity contribution in [2.45, 2.75) is 12.8 Å². The Balaban J connectivity index is 1.71. The molecule has 0 bridgehead atoms. The molecule has 2 rings (SSSR count). The highest BCUT2D eigenvalue weighted by Crippen LogP contribution is 2.28. The van der Waals surface area contributed by atoms with E-state index in [9.17, 15) is 4.79 Å². The van der Waals surface area contributed by atoms with E-state index < -0.39 is 0 Å². The van der Waals surface area contributed by atoms with Crippen LogP contribution in [0.15, 0.2) is 48.5 Å². The topological polar surface area (TPSA) is 59.6 Å². The number of benzene rings is 2. The standard InChI is InChI=1S/C19H24N2O3/c1-23-16-10-11-17(18(13-16)24-2)21-14-19(22)20-12-6-9-15-7-4-3-5-8-15/h3-5,7-8,10-11,13,21H,6,9,12,14H2,1-2H3,(H,20,22). The Labute approximate surface area is 143 Å². The summed E-state index contributed by atoms with van der Waals surface area (Å²) in [6, 6.07) is 15.7. The van der Waals surface area contributed by atoms with Crippen molar-refractivity contribution in [1.29, 1.82) is 0 Å². The molecule has 0 saturated heterocycles. The Hall–Kier alpha value is -2.69.